The number of phenolic OH excluding ortho intramolecular Hbond substituents is 1. The van der Waals surface area contributed by atoms with Crippen LogP contribution in [0, 0.1) is 13.8 Å². The van der Waals surface area contributed by atoms with Gasteiger partial charge < -0.3 is 9.52 Å². The third-order valence-corrected chi connectivity index (χ3v) is 5.12. The first-order valence-corrected chi connectivity index (χ1v) is 8.51. The van der Waals surface area contributed by atoms with E-state index in [1.54, 1.807) is 0 Å². The molecular weight excluding hydrogens is 290 g/mol. The minimum atomic E-state index is -0.368. The van der Waals surface area contributed by atoms with Gasteiger partial charge in [0.05, 0.1) is 0 Å². The zero-order valence-electron chi connectivity index (χ0n) is 14.2. The van der Waals surface area contributed by atoms with Gasteiger partial charge in [0.15, 0.2) is 0 Å². The number of aromatic hydroxyl groups is 1. The van der Waals surface area contributed by atoms with Crippen LogP contribution in [0.3, 0.4) is 0 Å². The van der Waals surface area contributed by atoms with E-state index in [9.17, 15) is 9.90 Å². The van der Waals surface area contributed by atoms with Gasteiger partial charge in [-0.05, 0) is 51.3 Å². The molecule has 0 amide bonds. The second-order valence-corrected chi connectivity index (χ2v) is 6.66. The van der Waals surface area contributed by atoms with Crippen molar-refractivity contribution in [3.8, 4) is 5.75 Å². The predicted molar refractivity (Wildman–Crippen MR) is 92.0 cm³/mol. The van der Waals surface area contributed by atoms with E-state index in [0.29, 0.717) is 17.2 Å². The Morgan fingerprint density at radius 2 is 2.09 bits per heavy atom. The van der Waals surface area contributed by atoms with Crippen LogP contribution in [0.2, 0.25) is 0 Å². The van der Waals surface area contributed by atoms with E-state index in [1.165, 1.54) is 25.3 Å². The molecule has 1 aliphatic rings. The van der Waals surface area contributed by atoms with Crippen molar-refractivity contribution in [2.45, 2.75) is 59.0 Å². The van der Waals surface area contributed by atoms with E-state index in [2.05, 4.69) is 11.8 Å². The summed E-state index contributed by atoms with van der Waals surface area (Å²) in [5, 5.41) is 11.5. The lowest BCUT2D eigenvalue weighted by atomic mass is 9.97. The zero-order valence-corrected chi connectivity index (χ0v) is 14.2. The Balaban J connectivity index is 2.04. The summed E-state index contributed by atoms with van der Waals surface area (Å²) in [7, 11) is 0. The van der Waals surface area contributed by atoms with Crippen LogP contribution in [-0.4, -0.2) is 22.6 Å². The molecule has 1 aromatic heterocycles. The quantitative estimate of drug-likeness (QED) is 0.873. The van der Waals surface area contributed by atoms with Gasteiger partial charge in [0.25, 0.3) is 0 Å². The maximum absolute atomic E-state index is 11.6. The van der Waals surface area contributed by atoms with Crippen LogP contribution >= 0.6 is 0 Å². The molecule has 124 valence electrons. The number of hydrogen-bond donors (Lipinski definition) is 1. The SMILES string of the molecule is CC[C@H]1CCCCN1Cc1cc2c(C)cc(=O)oc2c(C)c1O. The van der Waals surface area contributed by atoms with Gasteiger partial charge in [0.2, 0.25) is 0 Å². The molecule has 0 spiro atoms. The Hall–Kier alpha value is -1.81. The summed E-state index contributed by atoms with van der Waals surface area (Å²) in [5.41, 5.74) is 2.61. The molecule has 3 rings (SSSR count). The molecule has 1 aliphatic heterocycles. The highest BCUT2D eigenvalue weighted by Gasteiger charge is 2.23. The lowest BCUT2D eigenvalue weighted by Gasteiger charge is -2.35. The van der Waals surface area contributed by atoms with Gasteiger partial charge in [0, 0.05) is 35.2 Å². The number of nitrogens with zero attached hydrogens (tertiary/aromatic N) is 1. The van der Waals surface area contributed by atoms with Crippen LogP contribution in [-0.2, 0) is 6.54 Å². The molecule has 1 N–H and O–H groups in total. The van der Waals surface area contributed by atoms with Crippen molar-refractivity contribution < 1.29 is 9.52 Å². The largest absolute Gasteiger partial charge is 0.507 e. The predicted octanol–water partition coefficient (Wildman–Crippen LogP) is 3.88. The van der Waals surface area contributed by atoms with Crippen molar-refractivity contribution in [2.75, 3.05) is 6.54 Å². The molecule has 4 heteroatoms. The fourth-order valence-corrected chi connectivity index (χ4v) is 3.74. The minimum Gasteiger partial charge on any atom is -0.507 e. The molecule has 0 bridgehead atoms. The number of piperidine rings is 1. The van der Waals surface area contributed by atoms with Crippen LogP contribution in [0.15, 0.2) is 21.3 Å². The third kappa shape index (κ3) is 3.00. The number of hydrogen-bond acceptors (Lipinski definition) is 4. The molecule has 1 saturated heterocycles. The summed E-state index contributed by atoms with van der Waals surface area (Å²) in [4.78, 5) is 14.1. The lowest BCUT2D eigenvalue weighted by Crippen LogP contribution is -2.38. The van der Waals surface area contributed by atoms with Crippen molar-refractivity contribution in [3.05, 3.63) is 39.2 Å². The van der Waals surface area contributed by atoms with Crippen molar-refractivity contribution in [2.24, 2.45) is 0 Å². The Morgan fingerprint density at radius 1 is 1.30 bits per heavy atom. The molecule has 0 saturated carbocycles. The number of aryl methyl sites for hydroxylation is 2. The maximum Gasteiger partial charge on any atom is 0.336 e. The average Bonchev–Trinajstić information content (AvgIpc) is 2.54. The van der Waals surface area contributed by atoms with E-state index >= 15 is 0 Å². The van der Waals surface area contributed by atoms with Gasteiger partial charge in [-0.1, -0.05) is 13.3 Å². The molecule has 0 aliphatic carbocycles. The monoisotopic (exact) mass is 315 g/mol. The van der Waals surface area contributed by atoms with Crippen molar-refractivity contribution in [1.82, 2.24) is 4.90 Å². The molecule has 23 heavy (non-hydrogen) atoms. The average molecular weight is 315 g/mol. The molecule has 2 heterocycles. The standard InChI is InChI=1S/C19H25NO3/c1-4-15-7-5-6-8-20(15)11-14-10-16-12(2)9-17(21)23-19(16)13(3)18(14)22/h9-10,15,22H,4-8,11H2,1-3H3/t15-/m0/s1. The zero-order chi connectivity index (χ0) is 16.6. The smallest absolute Gasteiger partial charge is 0.336 e. The first-order valence-electron chi connectivity index (χ1n) is 8.51. The minimum absolute atomic E-state index is 0.256. The van der Waals surface area contributed by atoms with Gasteiger partial charge in [-0.3, -0.25) is 4.90 Å². The second kappa shape index (κ2) is 6.36. The lowest BCUT2D eigenvalue weighted by molar-refractivity contribution is 0.135. The van der Waals surface area contributed by atoms with E-state index < -0.39 is 0 Å². The Labute approximate surface area is 136 Å². The Morgan fingerprint density at radius 3 is 2.83 bits per heavy atom. The van der Waals surface area contributed by atoms with E-state index in [1.807, 2.05) is 19.9 Å². The summed E-state index contributed by atoms with van der Waals surface area (Å²) in [5.74, 6) is 0.256. The molecule has 1 aromatic carbocycles. The number of phenols is 1. The second-order valence-electron chi connectivity index (χ2n) is 6.66. The molecule has 1 atom stereocenters. The summed E-state index contributed by atoms with van der Waals surface area (Å²) in [6, 6.07) is 4.09. The van der Waals surface area contributed by atoms with Crippen LogP contribution < -0.4 is 5.63 Å². The van der Waals surface area contributed by atoms with Gasteiger partial charge in [-0.15, -0.1) is 0 Å². The summed E-state index contributed by atoms with van der Waals surface area (Å²) < 4.78 is 5.31. The third-order valence-electron chi connectivity index (χ3n) is 5.12. The highest BCUT2D eigenvalue weighted by molar-refractivity contribution is 5.85. The van der Waals surface area contributed by atoms with E-state index in [4.69, 9.17) is 4.42 Å². The van der Waals surface area contributed by atoms with Gasteiger partial charge in [-0.25, -0.2) is 4.79 Å². The first kappa shape index (κ1) is 16.1. The number of rotatable bonds is 3. The summed E-state index contributed by atoms with van der Waals surface area (Å²) in [6.45, 7) is 7.79. The normalized spacial score (nSPS) is 19.3. The van der Waals surface area contributed by atoms with Crippen LogP contribution in [0.4, 0.5) is 0 Å². The highest BCUT2D eigenvalue weighted by Crippen LogP contribution is 2.33. The summed E-state index contributed by atoms with van der Waals surface area (Å²) in [6.07, 6.45) is 4.89. The van der Waals surface area contributed by atoms with Crippen molar-refractivity contribution in [3.63, 3.8) is 0 Å². The molecule has 1 fully saturated rings. The maximum atomic E-state index is 11.6. The van der Waals surface area contributed by atoms with Gasteiger partial charge in [0.1, 0.15) is 11.3 Å². The summed E-state index contributed by atoms with van der Waals surface area (Å²) >= 11 is 0. The molecular formula is C19H25NO3. The molecule has 0 radical (unpaired) electrons. The molecule has 4 nitrogen and oxygen atoms in total. The van der Waals surface area contributed by atoms with Gasteiger partial charge >= 0.3 is 5.63 Å². The van der Waals surface area contributed by atoms with Crippen LogP contribution in [0.25, 0.3) is 11.0 Å². The van der Waals surface area contributed by atoms with E-state index in [0.717, 1.165) is 36.0 Å². The van der Waals surface area contributed by atoms with Crippen molar-refractivity contribution >= 4 is 11.0 Å². The van der Waals surface area contributed by atoms with Crippen molar-refractivity contribution in [1.29, 1.82) is 0 Å². The molecule has 2 aromatic rings. The fourth-order valence-electron chi connectivity index (χ4n) is 3.74. The fraction of sp³-hybridized carbons (Fsp3) is 0.526. The highest BCUT2D eigenvalue weighted by atomic mass is 16.4. The topological polar surface area (TPSA) is 53.7 Å². The van der Waals surface area contributed by atoms with Gasteiger partial charge in [-0.2, -0.15) is 0 Å². The van der Waals surface area contributed by atoms with Crippen LogP contribution in [0.5, 0.6) is 5.75 Å². The van der Waals surface area contributed by atoms with Crippen LogP contribution in [0.1, 0.15) is 49.3 Å². The first-order chi connectivity index (χ1) is 11.0. The molecule has 0 unspecified atom stereocenters. The number of likely N-dealkylation sites (tertiary alicyclic amines) is 1. The Kier molecular flexibility index (Phi) is 4.44. The number of fused-ring (bicyclic) bond motifs is 1. The number of benzene rings is 1. The van der Waals surface area contributed by atoms with E-state index in [-0.39, 0.29) is 11.4 Å². The Bertz CT molecular complexity index is 778.